The first-order chi connectivity index (χ1) is 10.9. The SMILES string of the molecule is Cc1nc(CC(C)C)oc1C(=O)NC[C@@H](O)c1ccccc1Cl. The molecule has 0 radical (unpaired) electrons. The number of hydrogen-bond donors (Lipinski definition) is 2. The molecule has 0 saturated heterocycles. The van der Waals surface area contributed by atoms with Crippen molar-refractivity contribution in [1.29, 1.82) is 0 Å². The second kappa shape index (κ2) is 7.62. The molecule has 0 aliphatic carbocycles. The molecular weight excluding hydrogens is 316 g/mol. The van der Waals surface area contributed by atoms with Gasteiger partial charge in [0.25, 0.3) is 5.91 Å². The van der Waals surface area contributed by atoms with E-state index in [0.29, 0.717) is 34.5 Å². The average Bonchev–Trinajstić information content (AvgIpc) is 2.84. The molecule has 1 heterocycles. The molecule has 2 aromatic rings. The van der Waals surface area contributed by atoms with Gasteiger partial charge in [-0.2, -0.15) is 0 Å². The largest absolute Gasteiger partial charge is 0.435 e. The third-order valence-electron chi connectivity index (χ3n) is 3.35. The number of carbonyl (C=O) groups excluding carboxylic acids is 1. The van der Waals surface area contributed by atoms with Gasteiger partial charge in [-0.05, 0) is 18.9 Å². The summed E-state index contributed by atoms with van der Waals surface area (Å²) in [6, 6.07) is 6.98. The van der Waals surface area contributed by atoms with E-state index in [1.54, 1.807) is 31.2 Å². The van der Waals surface area contributed by atoms with Gasteiger partial charge in [0, 0.05) is 23.6 Å². The first-order valence-electron chi connectivity index (χ1n) is 7.55. The number of nitrogens with zero attached hydrogens (tertiary/aromatic N) is 1. The molecule has 0 aliphatic rings. The van der Waals surface area contributed by atoms with Crippen molar-refractivity contribution in [1.82, 2.24) is 10.3 Å². The molecule has 0 saturated carbocycles. The van der Waals surface area contributed by atoms with Crippen LogP contribution in [0.4, 0.5) is 0 Å². The summed E-state index contributed by atoms with van der Waals surface area (Å²) >= 11 is 6.03. The second-order valence-electron chi connectivity index (χ2n) is 5.87. The summed E-state index contributed by atoms with van der Waals surface area (Å²) in [5.74, 6) is 0.739. The molecule has 2 N–H and O–H groups in total. The van der Waals surface area contributed by atoms with Gasteiger partial charge in [-0.15, -0.1) is 0 Å². The van der Waals surface area contributed by atoms with Gasteiger partial charge in [0.15, 0.2) is 5.89 Å². The van der Waals surface area contributed by atoms with Crippen LogP contribution < -0.4 is 5.32 Å². The number of aryl methyl sites for hydroxylation is 1. The maximum absolute atomic E-state index is 12.2. The number of hydrogen-bond acceptors (Lipinski definition) is 4. The fourth-order valence-corrected chi connectivity index (χ4v) is 2.49. The topological polar surface area (TPSA) is 75.4 Å². The van der Waals surface area contributed by atoms with E-state index in [4.69, 9.17) is 16.0 Å². The minimum atomic E-state index is -0.883. The van der Waals surface area contributed by atoms with Gasteiger partial charge in [0.1, 0.15) is 0 Å². The molecule has 0 bridgehead atoms. The molecule has 0 fully saturated rings. The molecule has 6 heteroatoms. The lowest BCUT2D eigenvalue weighted by Crippen LogP contribution is -2.28. The van der Waals surface area contributed by atoms with Gasteiger partial charge >= 0.3 is 0 Å². The van der Waals surface area contributed by atoms with Crippen LogP contribution in [0.3, 0.4) is 0 Å². The Morgan fingerprint density at radius 3 is 2.74 bits per heavy atom. The number of carbonyl (C=O) groups is 1. The first kappa shape index (κ1) is 17.5. The molecule has 0 unspecified atom stereocenters. The standard InChI is InChI=1S/C17H21ClN2O3/c1-10(2)8-15-20-11(3)16(23-15)17(22)19-9-14(21)12-6-4-5-7-13(12)18/h4-7,10,14,21H,8-9H2,1-3H3,(H,19,22)/t14-/m1/s1. The van der Waals surface area contributed by atoms with E-state index in [1.165, 1.54) is 0 Å². The van der Waals surface area contributed by atoms with Crippen LogP contribution in [0.5, 0.6) is 0 Å². The number of halogens is 1. The highest BCUT2D eigenvalue weighted by Gasteiger charge is 2.19. The summed E-state index contributed by atoms with van der Waals surface area (Å²) in [7, 11) is 0. The Kier molecular flexibility index (Phi) is 5.80. The monoisotopic (exact) mass is 336 g/mol. The van der Waals surface area contributed by atoms with Crippen LogP contribution >= 0.6 is 11.6 Å². The van der Waals surface area contributed by atoms with Crippen molar-refractivity contribution < 1.29 is 14.3 Å². The van der Waals surface area contributed by atoms with Crippen molar-refractivity contribution in [3.05, 3.63) is 52.2 Å². The Morgan fingerprint density at radius 2 is 2.09 bits per heavy atom. The maximum atomic E-state index is 12.2. The zero-order valence-corrected chi connectivity index (χ0v) is 14.2. The predicted molar refractivity (Wildman–Crippen MR) is 88.5 cm³/mol. The van der Waals surface area contributed by atoms with E-state index in [9.17, 15) is 9.90 Å². The van der Waals surface area contributed by atoms with Gasteiger partial charge in [0.05, 0.1) is 11.8 Å². The maximum Gasteiger partial charge on any atom is 0.289 e. The Bertz CT molecular complexity index is 682. The fraction of sp³-hybridized carbons (Fsp3) is 0.412. The zero-order valence-electron chi connectivity index (χ0n) is 13.5. The van der Waals surface area contributed by atoms with Crippen molar-refractivity contribution in [3.63, 3.8) is 0 Å². The lowest BCUT2D eigenvalue weighted by atomic mass is 10.1. The summed E-state index contributed by atoms with van der Waals surface area (Å²) < 4.78 is 5.52. The number of nitrogens with one attached hydrogen (secondary N) is 1. The van der Waals surface area contributed by atoms with Crippen LogP contribution in [0.1, 0.15) is 47.7 Å². The smallest absolute Gasteiger partial charge is 0.289 e. The highest BCUT2D eigenvalue weighted by atomic mass is 35.5. The zero-order chi connectivity index (χ0) is 17.0. The van der Waals surface area contributed by atoms with Crippen molar-refractivity contribution in [2.75, 3.05) is 6.54 Å². The van der Waals surface area contributed by atoms with Crippen LogP contribution in [0, 0.1) is 12.8 Å². The lowest BCUT2D eigenvalue weighted by molar-refractivity contribution is 0.0886. The highest BCUT2D eigenvalue weighted by molar-refractivity contribution is 6.31. The van der Waals surface area contributed by atoms with Crippen molar-refractivity contribution in [2.45, 2.75) is 33.3 Å². The van der Waals surface area contributed by atoms with E-state index >= 15 is 0 Å². The number of rotatable bonds is 6. The first-order valence-corrected chi connectivity index (χ1v) is 7.93. The third-order valence-corrected chi connectivity index (χ3v) is 3.69. The van der Waals surface area contributed by atoms with Gasteiger partial charge in [-0.1, -0.05) is 43.6 Å². The van der Waals surface area contributed by atoms with Crippen LogP contribution in [0.25, 0.3) is 0 Å². The van der Waals surface area contributed by atoms with E-state index < -0.39 is 12.0 Å². The minimum absolute atomic E-state index is 0.0439. The van der Waals surface area contributed by atoms with Crippen LogP contribution in [-0.2, 0) is 6.42 Å². The highest BCUT2D eigenvalue weighted by Crippen LogP contribution is 2.22. The molecule has 1 aromatic carbocycles. The molecule has 1 amide bonds. The number of aliphatic hydroxyl groups is 1. The van der Waals surface area contributed by atoms with E-state index in [-0.39, 0.29) is 12.3 Å². The molecule has 5 nitrogen and oxygen atoms in total. The van der Waals surface area contributed by atoms with Crippen molar-refractivity contribution in [3.8, 4) is 0 Å². The number of oxazole rings is 1. The van der Waals surface area contributed by atoms with Crippen LogP contribution in [0.15, 0.2) is 28.7 Å². The Morgan fingerprint density at radius 1 is 1.39 bits per heavy atom. The van der Waals surface area contributed by atoms with E-state index in [1.807, 2.05) is 0 Å². The van der Waals surface area contributed by atoms with Crippen molar-refractivity contribution in [2.24, 2.45) is 5.92 Å². The Labute approximate surface area is 140 Å². The molecule has 0 aliphatic heterocycles. The van der Waals surface area contributed by atoms with Gasteiger partial charge in [0.2, 0.25) is 5.76 Å². The van der Waals surface area contributed by atoms with Gasteiger partial charge in [-0.3, -0.25) is 4.79 Å². The van der Waals surface area contributed by atoms with Gasteiger partial charge < -0.3 is 14.8 Å². The number of benzene rings is 1. The molecule has 1 atom stereocenters. The molecule has 23 heavy (non-hydrogen) atoms. The Balaban J connectivity index is 2.00. The number of amides is 1. The van der Waals surface area contributed by atoms with Crippen molar-refractivity contribution >= 4 is 17.5 Å². The summed E-state index contributed by atoms with van der Waals surface area (Å²) in [6.07, 6.45) is -0.206. The summed E-state index contributed by atoms with van der Waals surface area (Å²) in [5, 5.41) is 13.3. The number of aliphatic hydroxyl groups excluding tert-OH is 1. The lowest BCUT2D eigenvalue weighted by Gasteiger charge is -2.13. The third kappa shape index (κ3) is 4.56. The van der Waals surface area contributed by atoms with E-state index in [2.05, 4.69) is 24.1 Å². The van der Waals surface area contributed by atoms with Crippen LogP contribution in [0.2, 0.25) is 5.02 Å². The molecular formula is C17H21ClN2O3. The predicted octanol–water partition coefficient (Wildman–Crippen LogP) is 3.30. The fourth-order valence-electron chi connectivity index (χ4n) is 2.22. The normalized spacial score (nSPS) is 12.4. The van der Waals surface area contributed by atoms with E-state index in [0.717, 1.165) is 0 Å². The Hall–Kier alpha value is -1.85. The van der Waals surface area contributed by atoms with Gasteiger partial charge in [-0.25, -0.2) is 4.98 Å². The second-order valence-corrected chi connectivity index (χ2v) is 6.27. The summed E-state index contributed by atoms with van der Waals surface area (Å²) in [4.78, 5) is 16.5. The van der Waals surface area contributed by atoms with Crippen LogP contribution in [-0.4, -0.2) is 22.5 Å². The number of aromatic nitrogens is 1. The quantitative estimate of drug-likeness (QED) is 0.848. The average molecular weight is 337 g/mol. The molecule has 2 rings (SSSR count). The molecule has 124 valence electrons. The molecule has 1 aromatic heterocycles. The minimum Gasteiger partial charge on any atom is -0.435 e. The summed E-state index contributed by atoms with van der Waals surface area (Å²) in [6.45, 7) is 5.88. The molecule has 0 spiro atoms. The summed E-state index contributed by atoms with van der Waals surface area (Å²) in [5.41, 5.74) is 1.12.